The molecule has 17 heavy (non-hydrogen) atoms. The molecule has 0 aliphatic heterocycles. The van der Waals surface area contributed by atoms with Crippen molar-refractivity contribution < 1.29 is 22.4 Å². The summed E-state index contributed by atoms with van der Waals surface area (Å²) in [7, 11) is 0. The molecule has 1 rings (SSSR count). The Bertz CT molecular complexity index is 445. The van der Waals surface area contributed by atoms with E-state index in [1.54, 1.807) is 6.92 Å². The number of hydrogen-bond donors (Lipinski definition) is 1. The van der Waals surface area contributed by atoms with Crippen LogP contribution in [0.25, 0.3) is 0 Å². The predicted octanol–water partition coefficient (Wildman–Crippen LogP) is 3.06. The third kappa shape index (κ3) is 2.91. The fourth-order valence-electron chi connectivity index (χ4n) is 1.26. The lowest BCUT2D eigenvalue weighted by molar-refractivity contribution is -0.140. The van der Waals surface area contributed by atoms with Gasteiger partial charge in [-0.25, -0.2) is 4.39 Å². The minimum Gasteiger partial charge on any atom is -0.366 e. The highest BCUT2D eigenvalue weighted by Crippen LogP contribution is 2.38. The summed E-state index contributed by atoms with van der Waals surface area (Å²) in [6.07, 6.45) is -4.66. The van der Waals surface area contributed by atoms with Gasteiger partial charge in [-0.3, -0.25) is 4.79 Å². The van der Waals surface area contributed by atoms with Gasteiger partial charge in [0, 0.05) is 0 Å². The van der Waals surface area contributed by atoms with Gasteiger partial charge in [0.15, 0.2) is 0 Å². The van der Waals surface area contributed by atoms with Crippen LogP contribution in [0.4, 0.5) is 17.6 Å². The molecular weight excluding hydrogens is 258 g/mol. The van der Waals surface area contributed by atoms with Crippen molar-refractivity contribution in [3.63, 3.8) is 0 Å². The molecular formula is C10H9F4NOS. The molecule has 7 heteroatoms. The number of nitrogens with two attached hydrogens (primary N) is 1. The summed E-state index contributed by atoms with van der Waals surface area (Å²) in [6.45, 7) is 1.58. The maximum absolute atomic E-state index is 13.7. The predicted molar refractivity (Wildman–Crippen MR) is 56.3 cm³/mol. The van der Waals surface area contributed by atoms with Crippen LogP contribution in [0.3, 0.4) is 0 Å². The first-order valence-corrected chi connectivity index (χ1v) is 5.59. The van der Waals surface area contributed by atoms with Crippen molar-refractivity contribution in [2.24, 2.45) is 5.73 Å². The van der Waals surface area contributed by atoms with Crippen LogP contribution in [0, 0.1) is 5.82 Å². The van der Waals surface area contributed by atoms with Gasteiger partial charge in [0.25, 0.3) is 5.91 Å². The smallest absolute Gasteiger partial charge is 0.366 e. The summed E-state index contributed by atoms with van der Waals surface area (Å²) >= 11 is 0.684. The van der Waals surface area contributed by atoms with Crippen LogP contribution in [-0.4, -0.2) is 11.7 Å². The van der Waals surface area contributed by atoms with Gasteiger partial charge < -0.3 is 5.73 Å². The zero-order valence-corrected chi connectivity index (χ0v) is 9.58. The van der Waals surface area contributed by atoms with Crippen molar-refractivity contribution in [2.75, 3.05) is 5.75 Å². The van der Waals surface area contributed by atoms with Crippen LogP contribution >= 0.6 is 11.8 Å². The van der Waals surface area contributed by atoms with E-state index < -0.39 is 33.9 Å². The van der Waals surface area contributed by atoms with Crippen molar-refractivity contribution in [1.29, 1.82) is 0 Å². The number of carbonyl (C=O) groups is 1. The fraction of sp³-hybridized carbons (Fsp3) is 0.300. The number of halogens is 4. The van der Waals surface area contributed by atoms with E-state index in [1.165, 1.54) is 0 Å². The molecule has 2 nitrogen and oxygen atoms in total. The lowest BCUT2D eigenvalue weighted by Crippen LogP contribution is -2.16. The molecule has 0 spiro atoms. The van der Waals surface area contributed by atoms with E-state index in [4.69, 9.17) is 5.73 Å². The van der Waals surface area contributed by atoms with Gasteiger partial charge in [-0.2, -0.15) is 13.2 Å². The van der Waals surface area contributed by atoms with Crippen molar-refractivity contribution in [1.82, 2.24) is 0 Å². The van der Waals surface area contributed by atoms with Crippen molar-refractivity contribution in [2.45, 2.75) is 18.0 Å². The molecule has 0 saturated carbocycles. The topological polar surface area (TPSA) is 43.1 Å². The van der Waals surface area contributed by atoms with Gasteiger partial charge in [0.05, 0.1) is 16.0 Å². The van der Waals surface area contributed by atoms with Crippen molar-refractivity contribution in [3.05, 3.63) is 29.1 Å². The molecule has 0 aliphatic rings. The molecule has 0 bridgehead atoms. The average molecular weight is 267 g/mol. The highest BCUT2D eigenvalue weighted by molar-refractivity contribution is 7.99. The standard InChI is InChI=1S/C10H9F4NOS/c1-2-17-8-6(10(12,13)14)4-3-5(7(8)11)9(15)16/h3-4H,2H2,1H3,(H2,15,16). The zero-order chi connectivity index (χ0) is 13.2. The largest absolute Gasteiger partial charge is 0.417 e. The molecule has 2 N–H and O–H groups in total. The summed E-state index contributed by atoms with van der Waals surface area (Å²) < 4.78 is 51.4. The number of thioether (sulfide) groups is 1. The van der Waals surface area contributed by atoms with Crippen LogP contribution in [-0.2, 0) is 6.18 Å². The highest BCUT2D eigenvalue weighted by Gasteiger charge is 2.35. The lowest BCUT2D eigenvalue weighted by Gasteiger charge is -2.14. The minimum atomic E-state index is -4.66. The molecule has 0 fully saturated rings. The van der Waals surface area contributed by atoms with Crippen LogP contribution in [0.15, 0.2) is 17.0 Å². The SMILES string of the molecule is CCSc1c(C(F)(F)F)ccc(C(N)=O)c1F. The maximum atomic E-state index is 13.7. The Kier molecular flexibility index (Phi) is 4.03. The number of alkyl halides is 3. The molecule has 0 heterocycles. The monoisotopic (exact) mass is 267 g/mol. The minimum absolute atomic E-state index is 0.252. The second-order valence-electron chi connectivity index (χ2n) is 3.10. The lowest BCUT2D eigenvalue weighted by atomic mass is 10.1. The van der Waals surface area contributed by atoms with Crippen LogP contribution in [0.1, 0.15) is 22.8 Å². The van der Waals surface area contributed by atoms with Gasteiger partial charge in [-0.05, 0) is 17.9 Å². The first-order chi connectivity index (χ1) is 7.79. The summed E-state index contributed by atoms with van der Waals surface area (Å²) in [5.41, 5.74) is 3.25. The molecule has 1 amide bonds. The quantitative estimate of drug-likeness (QED) is 0.675. The molecule has 0 aliphatic carbocycles. The first kappa shape index (κ1) is 13.8. The van der Waals surface area contributed by atoms with E-state index >= 15 is 0 Å². The Morgan fingerprint density at radius 1 is 1.41 bits per heavy atom. The van der Waals surface area contributed by atoms with Crippen molar-refractivity contribution >= 4 is 17.7 Å². The molecule has 0 atom stereocenters. The Hall–Kier alpha value is -1.24. The summed E-state index contributed by atoms with van der Waals surface area (Å²) in [5.74, 6) is -2.05. The van der Waals surface area contributed by atoms with E-state index in [0.29, 0.717) is 17.8 Å². The van der Waals surface area contributed by atoms with Crippen molar-refractivity contribution in [3.8, 4) is 0 Å². The number of benzene rings is 1. The number of primary amides is 1. The Balaban J connectivity index is 3.45. The van der Waals surface area contributed by atoms with E-state index in [1.807, 2.05) is 0 Å². The number of rotatable bonds is 3. The summed E-state index contributed by atoms with van der Waals surface area (Å²) in [4.78, 5) is 10.2. The third-order valence-electron chi connectivity index (χ3n) is 1.96. The van der Waals surface area contributed by atoms with Crippen LogP contribution in [0.5, 0.6) is 0 Å². The fourth-order valence-corrected chi connectivity index (χ4v) is 2.12. The van der Waals surface area contributed by atoms with E-state index in [9.17, 15) is 22.4 Å². The van der Waals surface area contributed by atoms with Gasteiger partial charge in [-0.1, -0.05) is 6.92 Å². The van der Waals surface area contributed by atoms with E-state index in [-0.39, 0.29) is 5.75 Å². The summed E-state index contributed by atoms with van der Waals surface area (Å²) in [5, 5.41) is 0. The molecule has 0 unspecified atom stereocenters. The van der Waals surface area contributed by atoms with E-state index in [2.05, 4.69) is 0 Å². The molecule has 0 saturated heterocycles. The Morgan fingerprint density at radius 2 is 2.00 bits per heavy atom. The molecule has 0 aromatic heterocycles. The van der Waals surface area contributed by atoms with Gasteiger partial charge in [-0.15, -0.1) is 11.8 Å². The molecule has 94 valence electrons. The maximum Gasteiger partial charge on any atom is 0.417 e. The Labute approximate surface area is 99.2 Å². The van der Waals surface area contributed by atoms with Gasteiger partial charge in [0.1, 0.15) is 5.82 Å². The molecule has 1 aromatic rings. The second kappa shape index (κ2) is 4.95. The average Bonchev–Trinajstić information content (AvgIpc) is 2.18. The zero-order valence-electron chi connectivity index (χ0n) is 8.77. The number of amides is 1. The molecule has 0 radical (unpaired) electrons. The first-order valence-electron chi connectivity index (χ1n) is 4.61. The van der Waals surface area contributed by atoms with Gasteiger partial charge in [0.2, 0.25) is 0 Å². The van der Waals surface area contributed by atoms with E-state index in [0.717, 1.165) is 6.07 Å². The normalized spacial score (nSPS) is 11.6. The van der Waals surface area contributed by atoms with Crippen LogP contribution < -0.4 is 5.73 Å². The number of hydrogen-bond acceptors (Lipinski definition) is 2. The summed E-state index contributed by atoms with van der Waals surface area (Å²) in [6, 6.07) is 1.42. The van der Waals surface area contributed by atoms with Gasteiger partial charge >= 0.3 is 6.18 Å². The third-order valence-corrected chi connectivity index (χ3v) is 2.93. The van der Waals surface area contributed by atoms with Crippen LogP contribution in [0.2, 0.25) is 0 Å². The molecule has 1 aromatic carbocycles. The Morgan fingerprint density at radius 3 is 2.41 bits per heavy atom. The second-order valence-corrected chi connectivity index (χ2v) is 4.37. The highest BCUT2D eigenvalue weighted by atomic mass is 32.2. The number of carbonyl (C=O) groups excluding carboxylic acids is 1.